The van der Waals surface area contributed by atoms with Gasteiger partial charge in [-0.15, -0.1) is 0 Å². The molecule has 1 N–H and O–H groups in total. The van der Waals surface area contributed by atoms with E-state index < -0.39 is 11.4 Å². The molecule has 2 heterocycles. The summed E-state index contributed by atoms with van der Waals surface area (Å²) in [7, 11) is 1.93. The van der Waals surface area contributed by atoms with Crippen LogP contribution in [0.5, 0.6) is 0 Å². The highest BCUT2D eigenvalue weighted by Gasteiger charge is 2.43. The molecule has 1 saturated heterocycles. The molecule has 98 valence electrons. The van der Waals surface area contributed by atoms with Crippen molar-refractivity contribution in [2.45, 2.75) is 13.0 Å². The summed E-state index contributed by atoms with van der Waals surface area (Å²) in [6.45, 7) is 2.03. The van der Waals surface area contributed by atoms with E-state index in [2.05, 4.69) is 4.98 Å². The summed E-state index contributed by atoms with van der Waals surface area (Å²) in [4.78, 5) is 17.5. The summed E-state index contributed by atoms with van der Waals surface area (Å²) in [5.74, 6) is -0.766. The number of pyridine rings is 1. The summed E-state index contributed by atoms with van der Waals surface area (Å²) in [6, 6.07) is 3.87. The molecule has 0 amide bonds. The van der Waals surface area contributed by atoms with Crippen molar-refractivity contribution in [3.63, 3.8) is 0 Å². The third-order valence-electron chi connectivity index (χ3n) is 3.30. The average molecular weight is 250 g/mol. The van der Waals surface area contributed by atoms with Crippen molar-refractivity contribution in [3.8, 4) is 0 Å². The number of ether oxygens (including phenoxy) is 1. The van der Waals surface area contributed by atoms with Crippen LogP contribution in [0.25, 0.3) is 0 Å². The minimum Gasteiger partial charge on any atom is -0.481 e. The first-order valence-corrected chi connectivity index (χ1v) is 6.01. The van der Waals surface area contributed by atoms with Gasteiger partial charge in [-0.25, -0.2) is 0 Å². The number of aromatic nitrogens is 1. The normalized spacial score (nSPS) is 23.4. The Bertz CT molecular complexity index is 402. The highest BCUT2D eigenvalue weighted by molar-refractivity contribution is 5.75. The molecule has 0 radical (unpaired) electrons. The number of aliphatic carboxylic acids is 1. The molecule has 0 bridgehead atoms. The van der Waals surface area contributed by atoms with Gasteiger partial charge in [-0.05, 0) is 25.1 Å². The maximum atomic E-state index is 11.4. The van der Waals surface area contributed by atoms with Gasteiger partial charge in [0.2, 0.25) is 0 Å². The van der Waals surface area contributed by atoms with Crippen LogP contribution in [0, 0.1) is 5.41 Å². The van der Waals surface area contributed by atoms with Gasteiger partial charge in [0, 0.05) is 32.1 Å². The van der Waals surface area contributed by atoms with E-state index in [-0.39, 0.29) is 0 Å². The fourth-order valence-corrected chi connectivity index (χ4v) is 2.34. The van der Waals surface area contributed by atoms with Crippen molar-refractivity contribution in [1.82, 2.24) is 9.88 Å². The van der Waals surface area contributed by atoms with Gasteiger partial charge in [-0.2, -0.15) is 0 Å². The molecule has 1 atom stereocenters. The topological polar surface area (TPSA) is 62.7 Å². The van der Waals surface area contributed by atoms with Crippen LogP contribution in [0.2, 0.25) is 0 Å². The second-order valence-electron chi connectivity index (χ2n) is 4.92. The van der Waals surface area contributed by atoms with Crippen LogP contribution in [-0.2, 0) is 16.1 Å². The fourth-order valence-electron chi connectivity index (χ4n) is 2.34. The van der Waals surface area contributed by atoms with E-state index in [9.17, 15) is 9.90 Å². The van der Waals surface area contributed by atoms with E-state index in [0.29, 0.717) is 32.7 Å². The molecule has 0 aliphatic carbocycles. The van der Waals surface area contributed by atoms with Crippen LogP contribution in [0.1, 0.15) is 12.0 Å². The average Bonchev–Trinajstić information content (AvgIpc) is 2.80. The smallest absolute Gasteiger partial charge is 0.313 e. The minimum atomic E-state index is -0.766. The maximum Gasteiger partial charge on any atom is 0.313 e. The Balaban J connectivity index is 1.98. The summed E-state index contributed by atoms with van der Waals surface area (Å²) in [5.41, 5.74) is 0.330. The summed E-state index contributed by atoms with van der Waals surface area (Å²) in [5, 5.41) is 9.36. The lowest BCUT2D eigenvalue weighted by atomic mass is 9.87. The van der Waals surface area contributed by atoms with Gasteiger partial charge < -0.3 is 14.7 Å². The molecule has 0 spiro atoms. The number of nitrogens with zero attached hydrogens (tertiary/aromatic N) is 2. The van der Waals surface area contributed by atoms with E-state index in [1.165, 1.54) is 0 Å². The third-order valence-corrected chi connectivity index (χ3v) is 3.30. The molecule has 5 heteroatoms. The molecule has 2 rings (SSSR count). The van der Waals surface area contributed by atoms with Crippen LogP contribution < -0.4 is 0 Å². The Hall–Kier alpha value is -1.46. The van der Waals surface area contributed by atoms with Gasteiger partial charge in [0.15, 0.2) is 0 Å². The van der Waals surface area contributed by atoms with Crippen LogP contribution in [0.3, 0.4) is 0 Å². The fraction of sp³-hybridized carbons (Fsp3) is 0.538. The lowest BCUT2D eigenvalue weighted by Gasteiger charge is -2.28. The first-order chi connectivity index (χ1) is 8.62. The van der Waals surface area contributed by atoms with Crippen LogP contribution in [0.15, 0.2) is 24.5 Å². The van der Waals surface area contributed by atoms with Gasteiger partial charge in [0.25, 0.3) is 0 Å². The summed E-state index contributed by atoms with van der Waals surface area (Å²) in [6.07, 6.45) is 4.11. The predicted octanol–water partition coefficient (Wildman–Crippen LogP) is 1.00. The van der Waals surface area contributed by atoms with E-state index in [1.54, 1.807) is 12.4 Å². The second-order valence-corrected chi connectivity index (χ2v) is 4.92. The Morgan fingerprint density at radius 1 is 1.67 bits per heavy atom. The Kier molecular flexibility index (Phi) is 3.93. The van der Waals surface area contributed by atoms with Gasteiger partial charge >= 0.3 is 5.97 Å². The molecule has 1 aliphatic heterocycles. The van der Waals surface area contributed by atoms with Gasteiger partial charge in [0.05, 0.1) is 6.61 Å². The van der Waals surface area contributed by atoms with Crippen LogP contribution in [0.4, 0.5) is 0 Å². The maximum absolute atomic E-state index is 11.4. The zero-order chi connectivity index (χ0) is 13.0. The number of rotatable bonds is 5. The van der Waals surface area contributed by atoms with Crippen molar-refractivity contribution in [2.75, 3.05) is 26.8 Å². The molecule has 5 nitrogen and oxygen atoms in total. The molecule has 1 fully saturated rings. The highest BCUT2D eigenvalue weighted by Crippen LogP contribution is 2.30. The minimum absolute atomic E-state index is 0.305. The first kappa shape index (κ1) is 13.0. The third kappa shape index (κ3) is 2.86. The van der Waals surface area contributed by atoms with Gasteiger partial charge in [-0.1, -0.05) is 6.07 Å². The van der Waals surface area contributed by atoms with Gasteiger partial charge in [-0.3, -0.25) is 9.78 Å². The lowest BCUT2D eigenvalue weighted by molar-refractivity contribution is -0.150. The number of carboxylic acids is 1. The van der Waals surface area contributed by atoms with Crippen molar-refractivity contribution < 1.29 is 14.6 Å². The lowest BCUT2D eigenvalue weighted by Crippen LogP contribution is -2.42. The quantitative estimate of drug-likeness (QED) is 0.845. The van der Waals surface area contributed by atoms with E-state index in [1.807, 2.05) is 24.1 Å². The molecule has 1 aromatic rings. The largest absolute Gasteiger partial charge is 0.481 e. The Morgan fingerprint density at radius 3 is 3.06 bits per heavy atom. The van der Waals surface area contributed by atoms with Crippen molar-refractivity contribution in [1.29, 1.82) is 0 Å². The Morgan fingerprint density at radius 2 is 2.50 bits per heavy atom. The van der Waals surface area contributed by atoms with E-state index >= 15 is 0 Å². The first-order valence-electron chi connectivity index (χ1n) is 6.01. The molecule has 1 aromatic heterocycles. The standard InChI is InChI=1S/C13H18N2O3/c1-15(8-11-3-2-5-14-7-11)9-13(12(16)17)4-6-18-10-13/h2-3,5,7H,4,6,8-10H2,1H3,(H,16,17). The Labute approximate surface area is 106 Å². The molecule has 1 unspecified atom stereocenters. The zero-order valence-corrected chi connectivity index (χ0v) is 10.5. The van der Waals surface area contributed by atoms with Crippen molar-refractivity contribution in [3.05, 3.63) is 30.1 Å². The van der Waals surface area contributed by atoms with E-state index in [0.717, 1.165) is 5.56 Å². The summed E-state index contributed by atoms with van der Waals surface area (Å²) >= 11 is 0. The zero-order valence-electron chi connectivity index (χ0n) is 10.5. The molecule has 18 heavy (non-hydrogen) atoms. The van der Waals surface area contributed by atoms with Crippen LogP contribution >= 0.6 is 0 Å². The number of hydrogen-bond acceptors (Lipinski definition) is 4. The molecular weight excluding hydrogens is 232 g/mol. The molecule has 0 aromatic carbocycles. The molecule has 0 saturated carbocycles. The van der Waals surface area contributed by atoms with Crippen LogP contribution in [-0.4, -0.2) is 47.8 Å². The highest BCUT2D eigenvalue weighted by atomic mass is 16.5. The number of carboxylic acid groups (broad SMARTS) is 1. The number of hydrogen-bond donors (Lipinski definition) is 1. The van der Waals surface area contributed by atoms with Gasteiger partial charge in [0.1, 0.15) is 5.41 Å². The number of carbonyl (C=O) groups is 1. The monoisotopic (exact) mass is 250 g/mol. The SMILES string of the molecule is CN(Cc1cccnc1)CC1(C(=O)O)CCOC1. The second kappa shape index (κ2) is 5.46. The summed E-state index contributed by atoms with van der Waals surface area (Å²) < 4.78 is 5.25. The molecular formula is C13H18N2O3. The predicted molar refractivity (Wildman–Crippen MR) is 66.1 cm³/mol. The van der Waals surface area contributed by atoms with E-state index in [4.69, 9.17) is 4.74 Å². The molecule has 1 aliphatic rings. The van der Waals surface area contributed by atoms with Crippen molar-refractivity contribution >= 4 is 5.97 Å². The van der Waals surface area contributed by atoms with Crippen molar-refractivity contribution in [2.24, 2.45) is 5.41 Å².